The van der Waals surface area contributed by atoms with E-state index in [-0.39, 0.29) is 18.7 Å². The zero-order valence-electron chi connectivity index (χ0n) is 10.9. The topological polar surface area (TPSA) is 72.6 Å². The minimum atomic E-state index is -4.71. The predicted molar refractivity (Wildman–Crippen MR) is 67.9 cm³/mol. The van der Waals surface area contributed by atoms with Crippen LogP contribution < -0.4 is 10.6 Å². The number of nitrogens with zero attached hydrogens (tertiary/aromatic N) is 1. The molecule has 114 valence electrons. The molecule has 1 aromatic carbocycles. The number of benzene rings is 1. The summed E-state index contributed by atoms with van der Waals surface area (Å²) in [5, 5.41) is 0. The van der Waals surface area contributed by atoms with Gasteiger partial charge in [-0.15, -0.1) is 0 Å². The van der Waals surface area contributed by atoms with E-state index in [4.69, 9.17) is 10.5 Å². The molecule has 5 nitrogen and oxygen atoms in total. The van der Waals surface area contributed by atoms with Gasteiger partial charge < -0.3 is 10.5 Å². The summed E-state index contributed by atoms with van der Waals surface area (Å²) in [6.07, 6.45) is -4.61. The van der Waals surface area contributed by atoms with Crippen LogP contribution in [0.3, 0.4) is 0 Å². The standard InChI is InChI=1S/C13H13F3N2O3/c14-13(15,16)9-5-3-4-8(11(17)19)10(9)18-6-1-2-7-21-12(18)20/h3-5H,1-2,6-7H2,(H2,17,19). The van der Waals surface area contributed by atoms with E-state index in [2.05, 4.69) is 0 Å². The second kappa shape index (κ2) is 5.63. The van der Waals surface area contributed by atoms with Gasteiger partial charge in [-0.1, -0.05) is 6.07 Å². The number of anilines is 1. The number of halogens is 3. The Bertz CT molecular complexity index is 572. The molecule has 0 saturated carbocycles. The molecule has 1 heterocycles. The molecule has 0 bridgehead atoms. The molecule has 0 atom stereocenters. The Hall–Kier alpha value is -2.25. The minimum absolute atomic E-state index is 0.0339. The maximum absolute atomic E-state index is 13.1. The molecule has 21 heavy (non-hydrogen) atoms. The van der Waals surface area contributed by atoms with Gasteiger partial charge >= 0.3 is 12.3 Å². The summed E-state index contributed by atoms with van der Waals surface area (Å²) in [4.78, 5) is 24.1. The Morgan fingerprint density at radius 2 is 2.00 bits per heavy atom. The lowest BCUT2D eigenvalue weighted by Gasteiger charge is -2.25. The highest BCUT2D eigenvalue weighted by Gasteiger charge is 2.38. The number of amides is 2. The Balaban J connectivity index is 2.63. The third-order valence-electron chi connectivity index (χ3n) is 3.10. The first-order valence-electron chi connectivity index (χ1n) is 6.26. The average molecular weight is 302 g/mol. The number of hydrogen-bond donors (Lipinski definition) is 1. The first-order valence-corrected chi connectivity index (χ1v) is 6.26. The van der Waals surface area contributed by atoms with Crippen molar-refractivity contribution in [3.63, 3.8) is 0 Å². The minimum Gasteiger partial charge on any atom is -0.449 e. The fourth-order valence-electron chi connectivity index (χ4n) is 2.17. The third kappa shape index (κ3) is 3.09. The maximum atomic E-state index is 13.1. The number of primary amides is 1. The molecular formula is C13H13F3N2O3. The lowest BCUT2D eigenvalue weighted by molar-refractivity contribution is -0.137. The number of carbonyl (C=O) groups is 2. The smallest absolute Gasteiger partial charge is 0.418 e. The molecule has 1 saturated heterocycles. The van der Waals surface area contributed by atoms with Gasteiger partial charge in [-0.3, -0.25) is 9.69 Å². The lowest BCUT2D eigenvalue weighted by Crippen LogP contribution is -2.34. The number of para-hydroxylation sites is 1. The van der Waals surface area contributed by atoms with Gasteiger partial charge in [-0.05, 0) is 25.0 Å². The molecule has 2 rings (SSSR count). The van der Waals surface area contributed by atoms with Crippen LogP contribution in [0.4, 0.5) is 23.7 Å². The zero-order chi connectivity index (χ0) is 15.6. The van der Waals surface area contributed by atoms with Crippen molar-refractivity contribution in [1.82, 2.24) is 0 Å². The zero-order valence-corrected chi connectivity index (χ0v) is 10.9. The maximum Gasteiger partial charge on any atom is 0.418 e. The largest absolute Gasteiger partial charge is 0.449 e. The van der Waals surface area contributed by atoms with E-state index < -0.39 is 29.4 Å². The predicted octanol–water partition coefficient (Wildman–Crippen LogP) is 2.54. The fraction of sp³-hybridized carbons (Fsp3) is 0.385. The Morgan fingerprint density at radius 3 is 2.62 bits per heavy atom. The van der Waals surface area contributed by atoms with Crippen LogP contribution in [0.25, 0.3) is 0 Å². The molecule has 2 N–H and O–H groups in total. The van der Waals surface area contributed by atoms with Crippen LogP contribution in [-0.4, -0.2) is 25.2 Å². The Labute approximate surface area is 118 Å². The number of hydrogen-bond acceptors (Lipinski definition) is 3. The van der Waals surface area contributed by atoms with E-state index in [9.17, 15) is 22.8 Å². The van der Waals surface area contributed by atoms with E-state index >= 15 is 0 Å². The molecule has 2 amide bonds. The van der Waals surface area contributed by atoms with Crippen molar-refractivity contribution >= 4 is 17.7 Å². The molecule has 8 heteroatoms. The highest BCUT2D eigenvalue weighted by Crippen LogP contribution is 2.39. The number of alkyl halides is 3. The summed E-state index contributed by atoms with van der Waals surface area (Å²) in [6, 6.07) is 3.04. The van der Waals surface area contributed by atoms with Gasteiger partial charge in [-0.2, -0.15) is 13.2 Å². The second-order valence-corrected chi connectivity index (χ2v) is 4.54. The van der Waals surface area contributed by atoms with Crippen molar-refractivity contribution in [3.05, 3.63) is 29.3 Å². The second-order valence-electron chi connectivity index (χ2n) is 4.54. The van der Waals surface area contributed by atoms with Gasteiger partial charge in [0.1, 0.15) is 0 Å². The van der Waals surface area contributed by atoms with Crippen LogP contribution in [-0.2, 0) is 10.9 Å². The van der Waals surface area contributed by atoms with Crippen molar-refractivity contribution in [2.24, 2.45) is 5.73 Å². The quantitative estimate of drug-likeness (QED) is 0.912. The summed E-state index contributed by atoms with van der Waals surface area (Å²) in [5.74, 6) is -1.03. The van der Waals surface area contributed by atoms with E-state index in [0.717, 1.165) is 23.1 Å². The monoisotopic (exact) mass is 302 g/mol. The lowest BCUT2D eigenvalue weighted by atomic mass is 10.0. The molecule has 1 aliphatic heterocycles. The van der Waals surface area contributed by atoms with Gasteiger partial charge in [0.15, 0.2) is 0 Å². The normalized spacial score (nSPS) is 16.3. The first-order chi connectivity index (χ1) is 9.82. The Morgan fingerprint density at radius 1 is 1.29 bits per heavy atom. The van der Waals surface area contributed by atoms with Crippen LogP contribution in [0.15, 0.2) is 18.2 Å². The summed E-state index contributed by atoms with van der Waals surface area (Å²) >= 11 is 0. The van der Waals surface area contributed by atoms with Gasteiger partial charge in [0.05, 0.1) is 23.4 Å². The highest BCUT2D eigenvalue weighted by atomic mass is 19.4. The molecule has 1 aliphatic rings. The van der Waals surface area contributed by atoms with Crippen LogP contribution in [0.5, 0.6) is 0 Å². The SMILES string of the molecule is NC(=O)c1cccc(C(F)(F)F)c1N1CCCCOC1=O. The summed E-state index contributed by atoms with van der Waals surface area (Å²) in [7, 11) is 0. The van der Waals surface area contributed by atoms with Crippen LogP contribution in [0.2, 0.25) is 0 Å². The summed E-state index contributed by atoms with van der Waals surface area (Å²) in [5.41, 5.74) is 3.15. The van der Waals surface area contributed by atoms with Crippen LogP contribution in [0.1, 0.15) is 28.8 Å². The van der Waals surface area contributed by atoms with E-state index in [1.54, 1.807) is 0 Å². The van der Waals surface area contributed by atoms with Gasteiger partial charge in [0.25, 0.3) is 5.91 Å². The number of cyclic esters (lactones) is 1. The van der Waals surface area contributed by atoms with Crippen LogP contribution >= 0.6 is 0 Å². The molecule has 0 spiro atoms. The van der Waals surface area contributed by atoms with Crippen molar-refractivity contribution < 1.29 is 27.5 Å². The van der Waals surface area contributed by atoms with Gasteiger partial charge in [0.2, 0.25) is 0 Å². The summed E-state index contributed by atoms with van der Waals surface area (Å²) in [6.45, 7) is 0.168. The Kier molecular flexibility index (Phi) is 4.06. The highest BCUT2D eigenvalue weighted by molar-refractivity contribution is 6.03. The van der Waals surface area contributed by atoms with Gasteiger partial charge in [0, 0.05) is 6.54 Å². The van der Waals surface area contributed by atoms with E-state index in [1.807, 2.05) is 0 Å². The number of rotatable bonds is 2. The molecular weight excluding hydrogens is 289 g/mol. The number of nitrogens with two attached hydrogens (primary N) is 1. The van der Waals surface area contributed by atoms with Crippen molar-refractivity contribution in [2.45, 2.75) is 19.0 Å². The number of ether oxygens (including phenoxy) is 1. The fourth-order valence-corrected chi connectivity index (χ4v) is 2.17. The third-order valence-corrected chi connectivity index (χ3v) is 3.10. The van der Waals surface area contributed by atoms with Gasteiger partial charge in [-0.25, -0.2) is 4.79 Å². The molecule has 1 aromatic rings. The van der Waals surface area contributed by atoms with Crippen molar-refractivity contribution in [3.8, 4) is 0 Å². The molecule has 0 unspecified atom stereocenters. The molecule has 0 aliphatic carbocycles. The van der Waals surface area contributed by atoms with Crippen LogP contribution in [0, 0.1) is 0 Å². The molecule has 0 radical (unpaired) electrons. The van der Waals surface area contributed by atoms with Crippen molar-refractivity contribution in [1.29, 1.82) is 0 Å². The summed E-state index contributed by atoms with van der Waals surface area (Å²) < 4.78 is 44.3. The number of carbonyl (C=O) groups excluding carboxylic acids is 2. The first kappa shape index (κ1) is 15.1. The van der Waals surface area contributed by atoms with E-state index in [1.165, 1.54) is 0 Å². The molecule has 1 fully saturated rings. The van der Waals surface area contributed by atoms with Crippen molar-refractivity contribution in [2.75, 3.05) is 18.1 Å². The molecule has 0 aromatic heterocycles. The van der Waals surface area contributed by atoms with E-state index in [0.29, 0.717) is 12.8 Å². The average Bonchev–Trinajstić information content (AvgIpc) is 2.61.